The Morgan fingerprint density at radius 3 is 2.16 bits per heavy atom. The number of aryl methyl sites for hydroxylation is 1. The monoisotopic (exact) mass is 470 g/mol. The maximum absolute atomic E-state index is 12.6. The van der Waals surface area contributed by atoms with Gasteiger partial charge in [0.2, 0.25) is 0 Å². The van der Waals surface area contributed by atoms with Crippen LogP contribution in [0.25, 0.3) is 10.8 Å². The third-order valence-corrected chi connectivity index (χ3v) is 5.62. The minimum absolute atomic E-state index is 0.337. The largest absolute Gasteiger partial charge is 0.434 e. The lowest BCUT2D eigenvalue weighted by Crippen LogP contribution is -2.62. The van der Waals surface area contributed by atoms with Gasteiger partial charge in [-0.05, 0) is 23.9 Å². The number of nitrogens with zero attached hydrogens (tertiary/aromatic N) is 2. The highest BCUT2D eigenvalue weighted by Crippen LogP contribution is 2.37. The summed E-state index contributed by atoms with van der Waals surface area (Å²) in [7, 11) is 0. The van der Waals surface area contributed by atoms with E-state index in [0.717, 1.165) is 15.3 Å². The normalized spacial score (nSPS) is 16.4. The number of alkyl halides is 6. The molecular weight excluding hydrogens is 454 g/mol. The zero-order valence-corrected chi connectivity index (χ0v) is 16.6. The lowest BCUT2D eigenvalue weighted by molar-refractivity contribution is -0.308. The molecule has 1 N–H and O–H groups in total. The molecule has 2 aromatic carbocycles. The average Bonchev–Trinajstić information content (AvgIpc) is 2.61. The summed E-state index contributed by atoms with van der Waals surface area (Å²) in [5.41, 5.74) is 1.23. The highest BCUT2D eigenvalue weighted by Gasteiger charge is 2.60. The van der Waals surface area contributed by atoms with Gasteiger partial charge in [0.25, 0.3) is 17.4 Å². The van der Waals surface area contributed by atoms with Gasteiger partial charge in [-0.2, -0.15) is 26.3 Å². The van der Waals surface area contributed by atoms with Gasteiger partial charge in [-0.15, -0.1) is 0 Å². The minimum Gasteiger partial charge on any atom is -0.426 e. The molecule has 1 atom stereocenters. The van der Waals surface area contributed by atoms with Crippen LogP contribution in [0.5, 0.6) is 0 Å². The van der Waals surface area contributed by atoms with Crippen LogP contribution < -0.4 is 4.31 Å². The van der Waals surface area contributed by atoms with Crippen molar-refractivity contribution >= 4 is 33.8 Å². The molecule has 1 heterocycles. The van der Waals surface area contributed by atoms with E-state index in [1.165, 1.54) is 0 Å². The molecule has 1 aliphatic heterocycles. The van der Waals surface area contributed by atoms with Crippen molar-refractivity contribution in [1.29, 1.82) is 0 Å². The van der Waals surface area contributed by atoms with Crippen LogP contribution in [0, 0.1) is 6.92 Å². The van der Waals surface area contributed by atoms with Crippen LogP contribution in [0.4, 0.5) is 36.8 Å². The number of halogens is 6. The number of hydrogen-bond donors (Lipinski definition) is 1. The summed E-state index contributed by atoms with van der Waals surface area (Å²) in [6.45, 7) is 1.05. The quantitative estimate of drug-likeness (QED) is 0.531. The first kappa shape index (κ1) is 23.1. The summed E-state index contributed by atoms with van der Waals surface area (Å²) in [5, 5.41) is 1.42. The molecule has 1 saturated heterocycles. The third-order valence-electron chi connectivity index (χ3n) is 4.79. The van der Waals surface area contributed by atoms with Gasteiger partial charge in [0, 0.05) is 18.5 Å². The van der Waals surface area contributed by atoms with Crippen LogP contribution in [-0.4, -0.2) is 57.3 Å². The molecule has 1 unspecified atom stereocenters. The van der Waals surface area contributed by atoms with E-state index in [1.54, 1.807) is 36.4 Å². The molecule has 13 heteroatoms. The number of amides is 1. The van der Waals surface area contributed by atoms with Gasteiger partial charge in [-0.1, -0.05) is 30.3 Å². The van der Waals surface area contributed by atoms with Crippen LogP contribution in [-0.2, 0) is 16.0 Å². The zero-order chi connectivity index (χ0) is 23.1. The van der Waals surface area contributed by atoms with Crippen LogP contribution in [0.15, 0.2) is 36.4 Å². The number of ether oxygens (including phenoxy) is 1. The number of fused-ring (bicyclic) bond motifs is 1. The highest BCUT2D eigenvalue weighted by atomic mass is 32.2. The number of benzene rings is 2. The summed E-state index contributed by atoms with van der Waals surface area (Å²) in [6, 6.07) is 9.46. The van der Waals surface area contributed by atoms with Crippen molar-refractivity contribution in [3.63, 3.8) is 0 Å². The smallest absolute Gasteiger partial charge is 0.426 e. The molecule has 1 aliphatic rings. The van der Waals surface area contributed by atoms with Crippen molar-refractivity contribution in [2.75, 3.05) is 17.4 Å². The van der Waals surface area contributed by atoms with E-state index in [9.17, 15) is 39.9 Å². The fourth-order valence-corrected chi connectivity index (χ4v) is 4.00. The SMILES string of the molecule is Cc1ccc(N(C2CN(C(=O)OC(C(F)(F)F)C(F)(F)F)C2)S(=O)O)c2ccccc12. The molecule has 0 bridgehead atoms. The molecule has 0 spiro atoms. The van der Waals surface area contributed by atoms with E-state index >= 15 is 0 Å². The third kappa shape index (κ3) is 4.71. The lowest BCUT2D eigenvalue weighted by atomic mass is 10.0. The van der Waals surface area contributed by atoms with Gasteiger partial charge in [0.1, 0.15) is 0 Å². The lowest BCUT2D eigenvalue weighted by Gasteiger charge is -2.44. The second-order valence-electron chi connectivity index (χ2n) is 6.91. The van der Waals surface area contributed by atoms with E-state index < -0.39 is 54.9 Å². The second kappa shape index (κ2) is 8.19. The summed E-state index contributed by atoms with van der Waals surface area (Å²) in [6.07, 6.45) is -17.7. The molecule has 0 radical (unpaired) electrons. The molecule has 0 aliphatic carbocycles. The Morgan fingerprint density at radius 1 is 1.10 bits per heavy atom. The Hall–Kier alpha value is -2.54. The molecule has 0 aromatic heterocycles. The molecule has 3 rings (SSSR count). The van der Waals surface area contributed by atoms with E-state index in [4.69, 9.17) is 0 Å². The molecule has 1 fully saturated rings. The maximum Gasteiger partial charge on any atom is 0.434 e. The number of carbonyl (C=O) groups is 1. The number of anilines is 1. The van der Waals surface area contributed by atoms with Crippen molar-refractivity contribution in [3.8, 4) is 0 Å². The van der Waals surface area contributed by atoms with Gasteiger partial charge >= 0.3 is 18.4 Å². The van der Waals surface area contributed by atoms with Crippen molar-refractivity contribution in [1.82, 2.24) is 4.90 Å². The fourth-order valence-electron chi connectivity index (χ4n) is 3.28. The van der Waals surface area contributed by atoms with Gasteiger partial charge in [-0.25, -0.2) is 9.00 Å². The van der Waals surface area contributed by atoms with Gasteiger partial charge in [0.15, 0.2) is 0 Å². The Morgan fingerprint density at radius 2 is 1.65 bits per heavy atom. The van der Waals surface area contributed by atoms with Crippen molar-refractivity contribution in [3.05, 3.63) is 42.0 Å². The maximum atomic E-state index is 12.6. The van der Waals surface area contributed by atoms with Crippen LogP contribution in [0.3, 0.4) is 0 Å². The Balaban J connectivity index is 1.78. The van der Waals surface area contributed by atoms with Gasteiger partial charge in [0.05, 0.1) is 11.7 Å². The minimum atomic E-state index is -5.82. The van der Waals surface area contributed by atoms with Gasteiger partial charge < -0.3 is 9.64 Å². The first-order valence-corrected chi connectivity index (χ1v) is 9.84. The molecule has 0 saturated carbocycles. The van der Waals surface area contributed by atoms with Crippen LogP contribution in [0.2, 0.25) is 0 Å². The predicted molar refractivity (Wildman–Crippen MR) is 99.7 cm³/mol. The Bertz CT molecular complexity index is 993. The molecule has 2 aromatic rings. The van der Waals surface area contributed by atoms with Crippen molar-refractivity contribution < 1.29 is 44.6 Å². The zero-order valence-electron chi connectivity index (χ0n) is 15.8. The Labute approximate surface area is 174 Å². The van der Waals surface area contributed by atoms with Crippen LogP contribution >= 0.6 is 0 Å². The summed E-state index contributed by atoms with van der Waals surface area (Å²) >= 11 is -2.57. The number of likely N-dealkylation sites (tertiary alicyclic amines) is 1. The van der Waals surface area contributed by atoms with Gasteiger partial charge in [-0.3, -0.25) is 8.86 Å². The van der Waals surface area contributed by atoms with E-state index in [2.05, 4.69) is 4.74 Å². The second-order valence-corrected chi connectivity index (χ2v) is 7.76. The molecule has 170 valence electrons. The molecule has 31 heavy (non-hydrogen) atoms. The first-order valence-electron chi connectivity index (χ1n) is 8.78. The van der Waals surface area contributed by atoms with E-state index in [-0.39, 0.29) is 0 Å². The fraction of sp³-hybridized carbons (Fsp3) is 0.389. The number of rotatable bonds is 4. The topological polar surface area (TPSA) is 70.1 Å². The summed E-state index contributed by atoms with van der Waals surface area (Å²) in [4.78, 5) is 12.4. The van der Waals surface area contributed by atoms with Crippen molar-refractivity contribution in [2.24, 2.45) is 0 Å². The summed E-state index contributed by atoms with van der Waals surface area (Å²) < 4.78 is 102. The number of hydrogen-bond acceptors (Lipinski definition) is 3. The predicted octanol–water partition coefficient (Wildman–Crippen LogP) is 4.41. The molecular formula is C18H16F6N2O4S. The van der Waals surface area contributed by atoms with Crippen molar-refractivity contribution in [2.45, 2.75) is 31.4 Å². The number of carbonyl (C=O) groups excluding carboxylic acids is 1. The molecule has 1 amide bonds. The summed E-state index contributed by atoms with van der Waals surface area (Å²) in [5.74, 6) is 0. The Kier molecular flexibility index (Phi) is 6.11. The van der Waals surface area contributed by atoms with Crippen LogP contribution in [0.1, 0.15) is 5.56 Å². The highest BCUT2D eigenvalue weighted by molar-refractivity contribution is 7.80. The van der Waals surface area contributed by atoms with E-state index in [0.29, 0.717) is 16.0 Å². The standard InChI is InChI=1S/C18H16F6N2O4S/c1-10-6-7-14(13-5-3-2-4-12(10)13)26(31(28)29)11-8-25(9-11)16(27)30-15(17(19,20)21)18(22,23)24/h2-7,11,15H,8-9H2,1H3,(H,28,29). The molecule has 6 nitrogen and oxygen atoms in total. The average molecular weight is 470 g/mol. The van der Waals surface area contributed by atoms with E-state index in [1.807, 2.05) is 6.92 Å². The first-order chi connectivity index (χ1) is 14.3.